The van der Waals surface area contributed by atoms with E-state index in [1.54, 1.807) is 4.67 Å². The van der Waals surface area contributed by atoms with Gasteiger partial charge in [0.2, 0.25) is 0 Å². The van der Waals surface area contributed by atoms with Crippen LogP contribution in [-0.4, -0.2) is 29.8 Å². The summed E-state index contributed by atoms with van der Waals surface area (Å²) in [7, 11) is -2.26. The Morgan fingerprint density at radius 2 is 0.463 bits per heavy atom. The lowest BCUT2D eigenvalue weighted by Gasteiger charge is -2.25. The van der Waals surface area contributed by atoms with Crippen LogP contribution >= 0.6 is 7.75 Å². The molecule has 0 saturated carbocycles. The maximum Gasteiger partial charge on any atom is 0.405 e. The molecule has 0 bridgehead atoms. The highest BCUT2D eigenvalue weighted by Gasteiger charge is 2.27. The normalized spacial score (nSPS) is 13.0. The zero-order chi connectivity index (χ0) is 39.3. The Balaban J connectivity index is 3.51. The summed E-state index contributed by atoms with van der Waals surface area (Å²) in [6, 6.07) is 0. The third kappa shape index (κ3) is 41.7. The first-order chi connectivity index (χ1) is 26.6. The van der Waals surface area contributed by atoms with Gasteiger partial charge in [-0.25, -0.2) is 9.24 Å². The lowest BCUT2D eigenvalue weighted by atomic mass is 10.0. The van der Waals surface area contributed by atoms with Crippen molar-refractivity contribution < 1.29 is 14.0 Å². The van der Waals surface area contributed by atoms with Crippen LogP contribution in [0.4, 0.5) is 0 Å². The van der Waals surface area contributed by atoms with Gasteiger partial charge in [0.15, 0.2) is 0 Å². The molecule has 0 spiro atoms. The Bertz CT molecular complexity index is 686. The minimum Gasteiger partial charge on any atom is -0.312 e. The first-order valence-corrected chi connectivity index (χ1v) is 26.8. The van der Waals surface area contributed by atoms with Crippen molar-refractivity contribution in [3.63, 3.8) is 0 Å². The summed E-state index contributed by atoms with van der Waals surface area (Å²) < 4.78 is 19.4. The Kier molecular flexibility index (Phi) is 45.9. The number of nitrogens with zero attached hydrogens (tertiary/aromatic N) is 1. The Morgan fingerprint density at radius 1 is 0.315 bits per heavy atom. The summed E-state index contributed by atoms with van der Waals surface area (Å²) in [6.07, 6.45) is 60.8. The first kappa shape index (κ1) is 54.1. The molecule has 4 nitrogen and oxygen atoms in total. The topological polar surface area (TPSA) is 49.8 Å². The van der Waals surface area contributed by atoms with E-state index < -0.39 is 7.75 Å². The molecule has 0 amide bonds. The van der Waals surface area contributed by atoms with E-state index in [2.05, 4.69) is 13.8 Å². The fourth-order valence-corrected chi connectivity index (χ4v) is 9.31. The third-order valence-corrected chi connectivity index (χ3v) is 13.7. The summed E-state index contributed by atoms with van der Waals surface area (Å²) in [5, 5.41) is 0. The molecule has 1 unspecified atom stereocenters. The second kappa shape index (κ2) is 45.8. The van der Waals surface area contributed by atoms with Gasteiger partial charge in [-0.3, -0.25) is 0 Å². The molecule has 54 heavy (non-hydrogen) atoms. The lowest BCUT2D eigenvalue weighted by molar-refractivity contribution is 0.230. The van der Waals surface area contributed by atoms with Gasteiger partial charge in [0, 0.05) is 20.2 Å². The summed E-state index contributed by atoms with van der Waals surface area (Å²) in [5.74, 6) is 0. The molecule has 0 aromatic heterocycles. The van der Waals surface area contributed by atoms with Crippen molar-refractivity contribution in [1.29, 1.82) is 0 Å². The predicted octanol–water partition coefficient (Wildman–Crippen LogP) is 18.2. The predicted molar refractivity (Wildman–Crippen MR) is 243 cm³/mol. The van der Waals surface area contributed by atoms with Gasteiger partial charge in [0.25, 0.3) is 0 Å². The van der Waals surface area contributed by atoms with Gasteiger partial charge in [-0.15, -0.1) is 0 Å². The molecule has 0 aliphatic rings. The smallest absolute Gasteiger partial charge is 0.312 e. The van der Waals surface area contributed by atoms with Crippen molar-refractivity contribution in [3.05, 3.63) is 0 Å². The number of unbranched alkanes of at least 4 members (excludes halogenated alkanes) is 42. The van der Waals surface area contributed by atoms with Crippen LogP contribution in [0.15, 0.2) is 0 Å². The molecular weight excluding hydrogens is 682 g/mol. The molecule has 0 rings (SSSR count). The van der Waals surface area contributed by atoms with Crippen LogP contribution in [0.5, 0.6) is 0 Å². The maximum atomic E-state index is 12.6. The first-order valence-electron chi connectivity index (χ1n) is 25.2. The Morgan fingerprint density at radius 3 is 0.611 bits per heavy atom. The van der Waals surface area contributed by atoms with E-state index in [4.69, 9.17) is 4.52 Å². The van der Waals surface area contributed by atoms with E-state index in [9.17, 15) is 9.46 Å². The molecule has 0 saturated heterocycles. The maximum absolute atomic E-state index is 12.6. The SMILES string of the molecule is CCCCCCCCCCCCCCCCCCCCCCCCN(CCCCCCCCCCCCCCCCCCCCCCCC)P(=O)(O)OC. The zero-order valence-corrected chi connectivity index (χ0v) is 38.6. The quantitative estimate of drug-likeness (QED) is 0.0493. The van der Waals surface area contributed by atoms with Gasteiger partial charge in [-0.1, -0.05) is 284 Å². The second-order valence-corrected chi connectivity index (χ2v) is 19.4. The molecule has 326 valence electrons. The van der Waals surface area contributed by atoms with Crippen molar-refractivity contribution >= 4 is 7.75 Å². The van der Waals surface area contributed by atoms with E-state index in [-0.39, 0.29) is 0 Å². The third-order valence-electron chi connectivity index (χ3n) is 12.1. The molecule has 0 aromatic carbocycles. The van der Waals surface area contributed by atoms with Crippen LogP contribution in [-0.2, 0) is 9.09 Å². The zero-order valence-electron chi connectivity index (χ0n) is 37.7. The summed E-state index contributed by atoms with van der Waals surface area (Å²) >= 11 is 0. The molecule has 1 N–H and O–H groups in total. The number of rotatable bonds is 48. The fraction of sp³-hybridized carbons (Fsp3) is 1.00. The van der Waals surface area contributed by atoms with Crippen molar-refractivity contribution in [1.82, 2.24) is 4.67 Å². The van der Waals surface area contributed by atoms with E-state index >= 15 is 0 Å². The molecule has 0 heterocycles. The minimum atomic E-state index is -3.64. The van der Waals surface area contributed by atoms with E-state index in [0.29, 0.717) is 13.1 Å². The lowest BCUT2D eigenvalue weighted by Crippen LogP contribution is -2.23. The van der Waals surface area contributed by atoms with Crippen LogP contribution in [0.1, 0.15) is 296 Å². The highest BCUT2D eigenvalue weighted by atomic mass is 31.2. The van der Waals surface area contributed by atoms with Gasteiger partial charge in [0.05, 0.1) is 0 Å². The van der Waals surface area contributed by atoms with Gasteiger partial charge in [-0.2, -0.15) is 0 Å². The monoisotopic (exact) mass is 784 g/mol. The van der Waals surface area contributed by atoms with Gasteiger partial charge < -0.3 is 9.42 Å². The summed E-state index contributed by atoms with van der Waals surface area (Å²) in [5.41, 5.74) is 0. The van der Waals surface area contributed by atoms with Crippen LogP contribution < -0.4 is 0 Å². The van der Waals surface area contributed by atoms with Gasteiger partial charge in [-0.05, 0) is 12.8 Å². The average molecular weight is 784 g/mol. The average Bonchev–Trinajstić information content (AvgIpc) is 3.17. The Labute approximate surface area is 341 Å². The number of hydrogen-bond donors (Lipinski definition) is 1. The molecule has 0 aliphatic heterocycles. The van der Waals surface area contributed by atoms with Crippen LogP contribution in [0.25, 0.3) is 0 Å². The summed E-state index contributed by atoms with van der Waals surface area (Å²) in [6.45, 7) is 5.96. The highest BCUT2D eigenvalue weighted by Crippen LogP contribution is 2.45. The van der Waals surface area contributed by atoms with Gasteiger partial charge in [0.1, 0.15) is 0 Å². The van der Waals surface area contributed by atoms with Crippen LogP contribution in [0, 0.1) is 0 Å². The van der Waals surface area contributed by atoms with E-state index in [0.717, 1.165) is 25.7 Å². The largest absolute Gasteiger partial charge is 0.405 e. The van der Waals surface area contributed by atoms with Crippen LogP contribution in [0.3, 0.4) is 0 Å². The van der Waals surface area contributed by atoms with Gasteiger partial charge >= 0.3 is 7.75 Å². The van der Waals surface area contributed by atoms with Crippen LogP contribution in [0.2, 0.25) is 0 Å². The second-order valence-electron chi connectivity index (χ2n) is 17.5. The Hall–Kier alpha value is 0.110. The molecule has 0 aliphatic carbocycles. The molecular formula is C49H102NO3P. The summed E-state index contributed by atoms with van der Waals surface area (Å²) in [4.78, 5) is 10.4. The van der Waals surface area contributed by atoms with Crippen molar-refractivity contribution in [2.24, 2.45) is 0 Å². The fourth-order valence-electron chi connectivity index (χ4n) is 8.29. The number of hydrogen-bond acceptors (Lipinski definition) is 2. The van der Waals surface area contributed by atoms with Crippen molar-refractivity contribution in [2.75, 3.05) is 20.2 Å². The molecule has 0 fully saturated rings. The minimum absolute atomic E-state index is 0.681. The molecule has 5 heteroatoms. The molecule has 0 radical (unpaired) electrons. The molecule has 0 aromatic rings. The standard InChI is InChI=1S/C49H102NO3P/c1-4-6-8-10-12-14-16-18-20-22-24-26-28-30-32-34-36-38-40-42-44-46-48-50(54(51,52)53-3)49-47-45-43-41-39-37-35-33-31-29-27-25-23-21-19-17-15-13-11-9-7-5-2/h4-49H2,1-3H3,(H,51,52). The van der Waals surface area contributed by atoms with Crippen molar-refractivity contribution in [2.45, 2.75) is 296 Å². The highest BCUT2D eigenvalue weighted by molar-refractivity contribution is 7.50. The van der Waals surface area contributed by atoms with E-state index in [1.807, 2.05) is 0 Å². The van der Waals surface area contributed by atoms with E-state index in [1.165, 1.54) is 264 Å². The van der Waals surface area contributed by atoms with Crippen molar-refractivity contribution in [3.8, 4) is 0 Å². The molecule has 1 atom stereocenters.